The average Bonchev–Trinajstić information content (AvgIpc) is 3.17. The van der Waals surface area contributed by atoms with E-state index < -0.39 is 22.0 Å². The highest BCUT2D eigenvalue weighted by atomic mass is 32.2. The molecule has 1 aromatic heterocycles. The van der Waals surface area contributed by atoms with Gasteiger partial charge in [0.25, 0.3) is 0 Å². The van der Waals surface area contributed by atoms with E-state index in [1.54, 1.807) is 18.3 Å². The number of carbonyl (C=O) groups is 1. The number of aromatic nitrogens is 1. The van der Waals surface area contributed by atoms with E-state index in [1.165, 1.54) is 12.1 Å². The smallest absolute Gasteiger partial charge is 0.241 e. The average molecular weight is 419 g/mol. The number of sulfonamides is 1. The maximum atomic E-state index is 12.8. The van der Waals surface area contributed by atoms with Crippen LogP contribution in [0.5, 0.6) is 0 Å². The zero-order valence-corrected chi connectivity index (χ0v) is 16.7. The first-order valence-electron chi connectivity index (χ1n) is 9.38. The van der Waals surface area contributed by atoms with Gasteiger partial charge in [0.05, 0.1) is 16.9 Å². The lowest BCUT2D eigenvalue weighted by Gasteiger charge is -2.19. The largest absolute Gasteiger partial charge is 0.548 e. The molecule has 1 atom stereocenters. The Morgan fingerprint density at radius 3 is 2.23 bits per heavy atom. The molecule has 0 unspecified atom stereocenters. The van der Waals surface area contributed by atoms with Crippen LogP contribution in [0, 0.1) is 0 Å². The second-order valence-corrected chi connectivity index (χ2v) is 8.66. The minimum absolute atomic E-state index is 0.00708. The molecule has 4 rings (SSSR count). The van der Waals surface area contributed by atoms with Crippen LogP contribution in [0.4, 0.5) is 0 Å². The number of rotatable bonds is 7. The van der Waals surface area contributed by atoms with Gasteiger partial charge in [-0.3, -0.25) is 0 Å². The van der Waals surface area contributed by atoms with Crippen LogP contribution in [0.3, 0.4) is 0 Å². The third kappa shape index (κ3) is 4.12. The van der Waals surface area contributed by atoms with Crippen LogP contribution in [-0.4, -0.2) is 25.4 Å². The van der Waals surface area contributed by atoms with Crippen molar-refractivity contribution >= 4 is 26.9 Å². The van der Waals surface area contributed by atoms with Gasteiger partial charge < -0.3 is 14.9 Å². The van der Waals surface area contributed by atoms with Gasteiger partial charge >= 0.3 is 0 Å². The molecule has 7 heteroatoms. The first kappa shape index (κ1) is 19.9. The number of aliphatic carboxylic acids is 1. The lowest BCUT2D eigenvalue weighted by Crippen LogP contribution is -2.49. The van der Waals surface area contributed by atoms with E-state index >= 15 is 0 Å². The highest BCUT2D eigenvalue weighted by Gasteiger charge is 2.22. The topological polar surface area (TPSA) is 102 Å². The van der Waals surface area contributed by atoms with Crippen molar-refractivity contribution in [1.82, 2.24) is 9.71 Å². The fourth-order valence-electron chi connectivity index (χ4n) is 3.41. The van der Waals surface area contributed by atoms with Crippen molar-refractivity contribution in [2.45, 2.75) is 17.4 Å². The van der Waals surface area contributed by atoms with Gasteiger partial charge in [-0.2, -0.15) is 0 Å². The van der Waals surface area contributed by atoms with Crippen LogP contribution < -0.4 is 9.83 Å². The van der Waals surface area contributed by atoms with Gasteiger partial charge in [-0.15, -0.1) is 0 Å². The number of nitrogens with one attached hydrogen (secondary N) is 2. The van der Waals surface area contributed by atoms with Gasteiger partial charge in [-0.25, -0.2) is 13.1 Å². The number of carboxylic acid groups (broad SMARTS) is 1. The minimum atomic E-state index is -4.04. The summed E-state index contributed by atoms with van der Waals surface area (Å²) in [6.45, 7) is 0. The Kier molecular flexibility index (Phi) is 5.39. The van der Waals surface area contributed by atoms with E-state index in [0.29, 0.717) is 5.56 Å². The molecule has 6 nitrogen and oxygen atoms in total. The van der Waals surface area contributed by atoms with Gasteiger partial charge in [-0.1, -0.05) is 60.7 Å². The monoisotopic (exact) mass is 419 g/mol. The lowest BCUT2D eigenvalue weighted by atomic mass is 10.1. The Labute approximate surface area is 174 Å². The summed E-state index contributed by atoms with van der Waals surface area (Å²) >= 11 is 0. The fourth-order valence-corrected chi connectivity index (χ4v) is 4.59. The molecule has 0 saturated heterocycles. The lowest BCUT2D eigenvalue weighted by molar-refractivity contribution is -0.307. The highest BCUT2D eigenvalue weighted by Crippen LogP contribution is 2.22. The SMILES string of the molecule is O=C([O-])[C@H](Cc1c[nH]c2ccccc12)NS(=O)(=O)c1ccc(-c2ccccc2)cc1. The van der Waals surface area contributed by atoms with Crippen molar-refractivity contribution in [3.63, 3.8) is 0 Å². The van der Waals surface area contributed by atoms with E-state index in [2.05, 4.69) is 9.71 Å². The van der Waals surface area contributed by atoms with Gasteiger partial charge in [-0.05, 0) is 41.3 Å². The molecule has 2 N–H and O–H groups in total. The first-order chi connectivity index (χ1) is 14.4. The number of benzene rings is 3. The van der Waals surface area contributed by atoms with E-state index in [-0.39, 0.29) is 11.3 Å². The van der Waals surface area contributed by atoms with E-state index in [0.717, 1.165) is 22.0 Å². The Morgan fingerprint density at radius 1 is 0.900 bits per heavy atom. The van der Waals surface area contributed by atoms with Crippen molar-refractivity contribution in [1.29, 1.82) is 0 Å². The summed E-state index contributed by atoms with van der Waals surface area (Å²) < 4.78 is 27.8. The summed E-state index contributed by atoms with van der Waals surface area (Å²) in [4.78, 5) is 14.7. The molecular formula is C23H19N2O4S-. The van der Waals surface area contributed by atoms with Gasteiger partial charge in [0, 0.05) is 17.1 Å². The Bertz CT molecular complexity index is 1280. The number of fused-ring (bicyclic) bond motifs is 1. The molecule has 0 amide bonds. The maximum absolute atomic E-state index is 12.8. The Morgan fingerprint density at radius 2 is 1.53 bits per heavy atom. The third-order valence-corrected chi connectivity index (χ3v) is 6.44. The molecule has 30 heavy (non-hydrogen) atoms. The zero-order valence-electron chi connectivity index (χ0n) is 15.9. The van der Waals surface area contributed by atoms with Crippen LogP contribution in [0.1, 0.15) is 5.56 Å². The molecule has 0 bridgehead atoms. The van der Waals surface area contributed by atoms with Crippen molar-refractivity contribution < 1.29 is 18.3 Å². The molecule has 0 aliphatic heterocycles. The molecule has 0 aliphatic rings. The molecule has 152 valence electrons. The number of para-hydroxylation sites is 1. The van der Waals surface area contributed by atoms with Crippen molar-refractivity contribution in [3.8, 4) is 11.1 Å². The van der Waals surface area contributed by atoms with Crippen LogP contribution in [0.15, 0.2) is 90.0 Å². The van der Waals surface area contributed by atoms with E-state index in [9.17, 15) is 18.3 Å². The molecule has 3 aromatic carbocycles. The van der Waals surface area contributed by atoms with Crippen molar-refractivity contribution in [2.75, 3.05) is 0 Å². The first-order valence-corrected chi connectivity index (χ1v) is 10.9. The summed E-state index contributed by atoms with van der Waals surface area (Å²) in [5.41, 5.74) is 3.37. The molecular weight excluding hydrogens is 400 g/mol. The second kappa shape index (κ2) is 8.14. The summed E-state index contributed by atoms with van der Waals surface area (Å²) in [6, 6.07) is 21.9. The molecule has 0 fully saturated rings. The number of carbonyl (C=O) groups excluding carboxylic acids is 1. The van der Waals surface area contributed by atoms with Gasteiger partial charge in [0.1, 0.15) is 0 Å². The molecule has 0 aliphatic carbocycles. The van der Waals surface area contributed by atoms with E-state index in [1.807, 2.05) is 54.6 Å². The van der Waals surface area contributed by atoms with Crippen LogP contribution in [0.2, 0.25) is 0 Å². The minimum Gasteiger partial charge on any atom is -0.548 e. The Hall–Kier alpha value is -3.42. The number of hydrogen-bond acceptors (Lipinski definition) is 4. The summed E-state index contributed by atoms with van der Waals surface area (Å²) in [5.74, 6) is -1.48. The number of aromatic amines is 1. The summed E-state index contributed by atoms with van der Waals surface area (Å²) in [5, 5.41) is 12.5. The standard InChI is InChI=1S/C23H20N2O4S/c26-23(27)22(14-18-15-24-21-9-5-4-8-20(18)21)25-30(28,29)19-12-10-17(11-13-19)16-6-2-1-3-7-16/h1-13,15,22,24-25H,14H2,(H,26,27)/p-1/t22-/m0/s1. The fraction of sp³-hybridized carbons (Fsp3) is 0.0870. The number of hydrogen-bond donors (Lipinski definition) is 2. The highest BCUT2D eigenvalue weighted by molar-refractivity contribution is 7.89. The van der Waals surface area contributed by atoms with Crippen LogP contribution in [0.25, 0.3) is 22.0 Å². The molecule has 4 aromatic rings. The van der Waals surface area contributed by atoms with Crippen LogP contribution in [-0.2, 0) is 21.2 Å². The maximum Gasteiger partial charge on any atom is 0.241 e. The Balaban J connectivity index is 1.56. The number of H-pyrrole nitrogens is 1. The van der Waals surface area contributed by atoms with Gasteiger partial charge in [0.2, 0.25) is 10.0 Å². The number of carboxylic acids is 1. The quantitative estimate of drug-likeness (QED) is 0.480. The van der Waals surface area contributed by atoms with Gasteiger partial charge in [0.15, 0.2) is 0 Å². The normalized spacial score (nSPS) is 12.7. The zero-order chi connectivity index (χ0) is 21.1. The van der Waals surface area contributed by atoms with Crippen molar-refractivity contribution in [3.05, 3.63) is 90.6 Å². The molecule has 0 saturated carbocycles. The summed E-state index contributed by atoms with van der Waals surface area (Å²) in [6.07, 6.45) is 1.65. The summed E-state index contributed by atoms with van der Waals surface area (Å²) in [7, 11) is -4.04. The van der Waals surface area contributed by atoms with Crippen molar-refractivity contribution in [2.24, 2.45) is 0 Å². The molecule has 1 heterocycles. The van der Waals surface area contributed by atoms with Crippen LogP contribution >= 0.6 is 0 Å². The second-order valence-electron chi connectivity index (χ2n) is 6.95. The van der Waals surface area contributed by atoms with E-state index in [4.69, 9.17) is 0 Å². The molecule has 0 radical (unpaired) electrons. The molecule has 0 spiro atoms. The predicted molar refractivity (Wildman–Crippen MR) is 113 cm³/mol. The third-order valence-electron chi connectivity index (χ3n) is 4.95. The predicted octanol–water partition coefficient (Wildman–Crippen LogP) is 2.47.